The van der Waals surface area contributed by atoms with E-state index in [2.05, 4.69) is 19.1 Å². The van der Waals surface area contributed by atoms with Gasteiger partial charge in [0.05, 0.1) is 18.3 Å². The molecule has 0 aromatic heterocycles. The van der Waals surface area contributed by atoms with E-state index in [1.807, 2.05) is 6.08 Å². The van der Waals surface area contributed by atoms with Crippen LogP contribution in [0.2, 0.25) is 0 Å². The normalized spacial score (nSPS) is 27.0. The maximum atomic E-state index is 10.5. The largest absolute Gasteiger partial charge is 0.481 e. The minimum absolute atomic E-state index is 0.0126. The van der Waals surface area contributed by atoms with Gasteiger partial charge in [0.15, 0.2) is 0 Å². The van der Waals surface area contributed by atoms with E-state index in [0.29, 0.717) is 19.3 Å². The zero-order valence-electron chi connectivity index (χ0n) is 16.7. The van der Waals surface area contributed by atoms with E-state index in [1.54, 1.807) is 6.08 Å². The first-order valence-corrected chi connectivity index (χ1v) is 10.5. The van der Waals surface area contributed by atoms with Gasteiger partial charge in [-0.15, -0.1) is 0 Å². The molecule has 1 saturated carbocycles. The van der Waals surface area contributed by atoms with Gasteiger partial charge in [0.2, 0.25) is 0 Å². The molecule has 156 valence electrons. The lowest BCUT2D eigenvalue weighted by Gasteiger charge is -2.19. The molecule has 0 heterocycles. The molecule has 1 rings (SSSR count). The minimum atomic E-state index is -0.783. The van der Waals surface area contributed by atoms with Crippen molar-refractivity contribution >= 4 is 5.97 Å². The minimum Gasteiger partial charge on any atom is -0.481 e. The van der Waals surface area contributed by atoms with Crippen LogP contribution in [0.5, 0.6) is 0 Å². The topological polar surface area (TPSA) is 98.0 Å². The first-order valence-electron chi connectivity index (χ1n) is 10.5. The van der Waals surface area contributed by atoms with Crippen molar-refractivity contribution in [2.24, 2.45) is 11.8 Å². The highest BCUT2D eigenvalue weighted by molar-refractivity contribution is 5.66. The van der Waals surface area contributed by atoms with Gasteiger partial charge in [0.25, 0.3) is 0 Å². The third-order valence-electron chi connectivity index (χ3n) is 5.41. The second-order valence-electron chi connectivity index (χ2n) is 7.76. The fourth-order valence-electron chi connectivity index (χ4n) is 3.75. The van der Waals surface area contributed by atoms with Gasteiger partial charge < -0.3 is 20.4 Å². The molecule has 5 atom stereocenters. The van der Waals surface area contributed by atoms with Crippen molar-refractivity contribution in [1.82, 2.24) is 0 Å². The number of rotatable bonds is 14. The third kappa shape index (κ3) is 10.1. The van der Waals surface area contributed by atoms with Crippen LogP contribution >= 0.6 is 0 Å². The molecule has 27 heavy (non-hydrogen) atoms. The molecule has 0 aromatic carbocycles. The molecular weight excluding hydrogens is 344 g/mol. The number of aliphatic hydroxyl groups excluding tert-OH is 3. The summed E-state index contributed by atoms with van der Waals surface area (Å²) in [5.41, 5.74) is 0. The summed E-state index contributed by atoms with van der Waals surface area (Å²) in [4.78, 5) is 10.5. The third-order valence-corrected chi connectivity index (χ3v) is 5.41. The molecule has 4 N–H and O–H groups in total. The summed E-state index contributed by atoms with van der Waals surface area (Å²) < 4.78 is 0. The van der Waals surface area contributed by atoms with E-state index in [4.69, 9.17) is 5.11 Å². The summed E-state index contributed by atoms with van der Waals surface area (Å²) in [5, 5.41) is 39.2. The number of hydrogen-bond acceptors (Lipinski definition) is 4. The van der Waals surface area contributed by atoms with Crippen molar-refractivity contribution in [3.05, 3.63) is 24.3 Å². The number of carboxylic acid groups (broad SMARTS) is 1. The smallest absolute Gasteiger partial charge is 0.303 e. The molecule has 0 bridgehead atoms. The molecule has 0 saturated heterocycles. The van der Waals surface area contributed by atoms with Gasteiger partial charge in [-0.1, -0.05) is 56.9 Å². The number of carboxylic acids is 1. The number of allylic oxidation sites excluding steroid dienone is 2. The molecule has 1 aliphatic rings. The van der Waals surface area contributed by atoms with Crippen LogP contribution in [0, 0.1) is 11.8 Å². The summed E-state index contributed by atoms with van der Waals surface area (Å²) >= 11 is 0. The first kappa shape index (κ1) is 23.9. The van der Waals surface area contributed by atoms with Crippen LogP contribution in [-0.2, 0) is 4.79 Å². The van der Waals surface area contributed by atoms with Crippen molar-refractivity contribution in [2.45, 2.75) is 95.9 Å². The standard InChI is InChI=1S/C22H38O5/c1-2-3-4-5-6-9-12-18-19(21(25)16-20(18)24)15-14-17(23)11-8-7-10-13-22(26)27/h6,9,14-15,17-21,23-25H,2-5,7-8,10-13,16H2,1H3,(H,26,27)/b9-6-,15-14+. The fraction of sp³-hybridized carbons (Fsp3) is 0.773. The Kier molecular flexibility index (Phi) is 12.3. The van der Waals surface area contributed by atoms with Crippen LogP contribution in [0.15, 0.2) is 24.3 Å². The lowest BCUT2D eigenvalue weighted by atomic mass is 9.89. The van der Waals surface area contributed by atoms with E-state index in [0.717, 1.165) is 25.7 Å². The second-order valence-corrected chi connectivity index (χ2v) is 7.76. The summed E-state index contributed by atoms with van der Waals surface area (Å²) in [5.74, 6) is -0.932. The molecule has 5 heteroatoms. The summed E-state index contributed by atoms with van der Waals surface area (Å²) in [7, 11) is 0. The zero-order valence-corrected chi connectivity index (χ0v) is 16.7. The molecule has 0 spiro atoms. The highest BCUT2D eigenvalue weighted by Gasteiger charge is 2.39. The van der Waals surface area contributed by atoms with Crippen LogP contribution in [0.3, 0.4) is 0 Å². The molecule has 1 fully saturated rings. The number of aliphatic hydroxyl groups is 3. The van der Waals surface area contributed by atoms with Gasteiger partial charge in [-0.05, 0) is 38.0 Å². The monoisotopic (exact) mass is 382 g/mol. The average molecular weight is 383 g/mol. The summed E-state index contributed by atoms with van der Waals surface area (Å²) in [6.45, 7) is 2.18. The summed E-state index contributed by atoms with van der Waals surface area (Å²) in [6.07, 6.45) is 14.9. The second kappa shape index (κ2) is 13.9. The highest BCUT2D eigenvalue weighted by atomic mass is 16.4. The Morgan fingerprint density at radius 3 is 2.56 bits per heavy atom. The highest BCUT2D eigenvalue weighted by Crippen LogP contribution is 2.36. The molecule has 0 radical (unpaired) electrons. The molecule has 0 amide bonds. The Morgan fingerprint density at radius 1 is 1.07 bits per heavy atom. The predicted molar refractivity (Wildman–Crippen MR) is 107 cm³/mol. The van der Waals surface area contributed by atoms with Gasteiger partial charge in [-0.2, -0.15) is 0 Å². The Morgan fingerprint density at radius 2 is 1.85 bits per heavy atom. The molecule has 0 aromatic rings. The van der Waals surface area contributed by atoms with E-state index in [9.17, 15) is 20.1 Å². The lowest BCUT2D eigenvalue weighted by molar-refractivity contribution is -0.137. The van der Waals surface area contributed by atoms with Crippen LogP contribution in [0.25, 0.3) is 0 Å². The van der Waals surface area contributed by atoms with Crippen LogP contribution in [-0.4, -0.2) is 44.7 Å². The number of carbonyl (C=O) groups is 1. The van der Waals surface area contributed by atoms with Crippen LogP contribution in [0.4, 0.5) is 0 Å². The lowest BCUT2D eigenvalue weighted by Crippen LogP contribution is -2.20. The predicted octanol–water partition coefficient (Wildman–Crippen LogP) is 3.82. The fourth-order valence-corrected chi connectivity index (χ4v) is 3.75. The van der Waals surface area contributed by atoms with Gasteiger partial charge in [0.1, 0.15) is 0 Å². The SMILES string of the molecule is CCCCC/C=C\CC1C(O)CC(O)C1/C=C/C(O)CCCCCC(=O)O. The van der Waals surface area contributed by atoms with Crippen LogP contribution in [0.1, 0.15) is 77.6 Å². The van der Waals surface area contributed by atoms with Crippen molar-refractivity contribution in [2.75, 3.05) is 0 Å². The van der Waals surface area contributed by atoms with E-state index in [1.165, 1.54) is 19.3 Å². The van der Waals surface area contributed by atoms with E-state index in [-0.39, 0.29) is 18.3 Å². The maximum absolute atomic E-state index is 10.5. The van der Waals surface area contributed by atoms with Crippen molar-refractivity contribution in [3.8, 4) is 0 Å². The van der Waals surface area contributed by atoms with Crippen molar-refractivity contribution < 1.29 is 25.2 Å². The van der Waals surface area contributed by atoms with Gasteiger partial charge in [0, 0.05) is 18.8 Å². The quantitative estimate of drug-likeness (QED) is 0.270. The van der Waals surface area contributed by atoms with Crippen molar-refractivity contribution in [1.29, 1.82) is 0 Å². The average Bonchev–Trinajstić information content (AvgIpc) is 2.88. The molecule has 1 aliphatic carbocycles. The Labute approximate surface area is 163 Å². The number of hydrogen-bond donors (Lipinski definition) is 4. The Bertz CT molecular complexity index is 460. The summed E-state index contributed by atoms with van der Waals surface area (Å²) in [6, 6.07) is 0. The number of unbranched alkanes of at least 4 members (excludes halogenated alkanes) is 5. The van der Waals surface area contributed by atoms with E-state index >= 15 is 0 Å². The van der Waals surface area contributed by atoms with Crippen LogP contribution < -0.4 is 0 Å². The molecular formula is C22H38O5. The maximum Gasteiger partial charge on any atom is 0.303 e. The van der Waals surface area contributed by atoms with Gasteiger partial charge in [-0.3, -0.25) is 4.79 Å². The molecule has 5 nitrogen and oxygen atoms in total. The number of aliphatic carboxylic acids is 1. The Hall–Kier alpha value is -1.17. The first-order chi connectivity index (χ1) is 13.0. The van der Waals surface area contributed by atoms with Crippen molar-refractivity contribution in [3.63, 3.8) is 0 Å². The molecule has 0 aliphatic heterocycles. The van der Waals surface area contributed by atoms with Gasteiger partial charge >= 0.3 is 5.97 Å². The Balaban J connectivity index is 2.39. The molecule has 5 unspecified atom stereocenters. The zero-order chi connectivity index (χ0) is 20.1. The van der Waals surface area contributed by atoms with Gasteiger partial charge in [-0.25, -0.2) is 0 Å². The van der Waals surface area contributed by atoms with E-state index < -0.39 is 24.3 Å².